The fraction of sp³-hybridized carbons (Fsp3) is 0.261. The first-order chi connectivity index (χ1) is 18.9. The van der Waals surface area contributed by atoms with Gasteiger partial charge in [0.25, 0.3) is 11.8 Å². The molecular weight excluding hydrogens is 569 g/mol. The summed E-state index contributed by atoms with van der Waals surface area (Å²) in [6, 6.07) is 3.94. The highest BCUT2D eigenvalue weighted by atomic mass is 32.2. The van der Waals surface area contributed by atoms with Gasteiger partial charge in [0.15, 0.2) is 15.2 Å². The van der Waals surface area contributed by atoms with E-state index in [1.165, 1.54) is 33.4 Å². The topological polar surface area (TPSA) is 173 Å². The first-order valence-corrected chi connectivity index (χ1v) is 14.1. The van der Waals surface area contributed by atoms with Crippen LogP contribution in [0.5, 0.6) is 0 Å². The normalized spacial score (nSPS) is 18.9. The Morgan fingerprint density at radius 2 is 2.13 bits per heavy atom. The van der Waals surface area contributed by atoms with Gasteiger partial charge in [0.1, 0.15) is 36.4 Å². The number of carbonyl (C=O) groups excluding carboxylic acids is 2. The highest BCUT2D eigenvalue weighted by Crippen LogP contribution is 2.44. The van der Waals surface area contributed by atoms with Gasteiger partial charge in [0, 0.05) is 21.9 Å². The molecule has 2 amide bonds. The Morgan fingerprint density at radius 3 is 2.82 bits per heavy atom. The van der Waals surface area contributed by atoms with Crippen molar-refractivity contribution < 1.29 is 28.7 Å². The van der Waals surface area contributed by atoms with Crippen molar-refractivity contribution in [3.63, 3.8) is 0 Å². The number of carboxylic acids is 1. The Bertz CT molecular complexity index is 1480. The van der Waals surface area contributed by atoms with E-state index in [2.05, 4.69) is 25.4 Å². The average Bonchev–Trinajstić information content (AvgIpc) is 3.58. The lowest BCUT2D eigenvalue weighted by Crippen LogP contribution is -2.72. The highest BCUT2D eigenvalue weighted by molar-refractivity contribution is 8.04. The molecule has 1 fully saturated rings. The fourth-order valence-corrected chi connectivity index (χ4v) is 6.70. The monoisotopic (exact) mass is 589 g/mol. The molecule has 0 aromatic carbocycles. The molecule has 12 nitrogen and oxygen atoms in total. The zero-order valence-corrected chi connectivity index (χ0v) is 22.4. The first-order valence-electron chi connectivity index (χ1n) is 11.5. The van der Waals surface area contributed by atoms with E-state index in [9.17, 15) is 23.9 Å². The third kappa shape index (κ3) is 5.48. The molecule has 1 saturated heterocycles. The molecule has 0 radical (unpaired) electrons. The number of anilines is 1. The van der Waals surface area contributed by atoms with Crippen molar-refractivity contribution in [3.8, 4) is 11.4 Å². The smallest absolute Gasteiger partial charge is 0.353 e. The number of nitrogens with zero attached hydrogens (tertiary/aromatic N) is 5. The number of allylic oxidation sites excluding steroid dienone is 1. The summed E-state index contributed by atoms with van der Waals surface area (Å²) in [6.07, 6.45) is 2.45. The number of thiazole rings is 2. The second-order valence-corrected chi connectivity index (χ2v) is 11.3. The number of pyridine rings is 1. The number of nitrogen functional groups attached to an aromatic ring is 1. The summed E-state index contributed by atoms with van der Waals surface area (Å²) < 4.78 is 13.1. The summed E-state index contributed by atoms with van der Waals surface area (Å²) >= 11 is 3.63. The maximum absolute atomic E-state index is 13.1. The van der Waals surface area contributed by atoms with Gasteiger partial charge in [0.2, 0.25) is 0 Å². The van der Waals surface area contributed by atoms with Gasteiger partial charge in [-0.05, 0) is 25.0 Å². The number of aromatic nitrogens is 3. The maximum Gasteiger partial charge on any atom is 0.353 e. The second-order valence-electron chi connectivity index (χ2n) is 8.19. The molecule has 0 aliphatic carbocycles. The third-order valence-corrected chi connectivity index (χ3v) is 8.56. The number of carbonyl (C=O) groups is 3. The number of nitrogens with two attached hydrogens (primary N) is 1. The van der Waals surface area contributed by atoms with E-state index in [4.69, 9.17) is 10.6 Å². The number of nitrogens with one attached hydrogen (secondary N) is 1. The number of amides is 2. The Balaban J connectivity index is 1.32. The van der Waals surface area contributed by atoms with Crippen LogP contribution in [-0.4, -0.2) is 73.8 Å². The molecule has 2 aliphatic rings. The van der Waals surface area contributed by atoms with Crippen LogP contribution in [0.1, 0.15) is 18.5 Å². The lowest BCUT2D eigenvalue weighted by atomic mass is 9.86. The first kappa shape index (κ1) is 26.7. The van der Waals surface area contributed by atoms with Gasteiger partial charge in [-0.1, -0.05) is 23.0 Å². The summed E-state index contributed by atoms with van der Waals surface area (Å²) in [6.45, 7) is -1.18. The molecule has 3 aromatic rings. The number of carboxylic acid groups (broad SMARTS) is 1. The van der Waals surface area contributed by atoms with Crippen molar-refractivity contribution in [3.05, 3.63) is 51.5 Å². The van der Waals surface area contributed by atoms with Gasteiger partial charge >= 0.3 is 5.97 Å². The van der Waals surface area contributed by atoms with Crippen LogP contribution in [0.2, 0.25) is 0 Å². The van der Waals surface area contributed by atoms with E-state index >= 15 is 0 Å². The summed E-state index contributed by atoms with van der Waals surface area (Å²) in [4.78, 5) is 57.7. The van der Waals surface area contributed by atoms with Crippen LogP contribution in [0.15, 0.2) is 55.3 Å². The number of fused-ring (bicyclic) bond motifs is 1. The van der Waals surface area contributed by atoms with Crippen molar-refractivity contribution in [1.82, 2.24) is 25.2 Å². The molecule has 4 N–H and O–H groups in total. The standard InChI is InChI=1S/C23H20FN7O5S3/c24-6-8-36-30-16(13-10-37-22(25)27-13)19(32)29-17-14-4-5-15(18(21(34)35)31(14)20(17)33)39-23-28-12(9-38-23)11-3-1-2-7-26-11/h1-3,7,9-10,14,17H,4-6,8H2,(H2,25,27)(H,29,32)(H,34,35)/b30-16+/t14-,17+/m1/s1. The van der Waals surface area contributed by atoms with Crippen LogP contribution >= 0.6 is 34.4 Å². The summed E-state index contributed by atoms with van der Waals surface area (Å²) in [5, 5.41) is 19.7. The van der Waals surface area contributed by atoms with Crippen LogP contribution in [0, 0.1) is 0 Å². The van der Waals surface area contributed by atoms with Gasteiger partial charge in [-0.15, -0.1) is 22.7 Å². The number of hydrogen-bond acceptors (Lipinski definition) is 12. The number of rotatable bonds is 10. The zero-order chi connectivity index (χ0) is 27.5. The predicted octanol–water partition coefficient (Wildman–Crippen LogP) is 2.51. The fourth-order valence-electron chi connectivity index (χ4n) is 4.12. The van der Waals surface area contributed by atoms with Crippen LogP contribution in [-0.2, 0) is 19.2 Å². The number of aliphatic carboxylic acids is 1. The molecule has 2 atom stereocenters. The molecular formula is C23H20FN7O5S3. The number of alkyl halides is 1. The van der Waals surface area contributed by atoms with Crippen LogP contribution in [0.3, 0.4) is 0 Å². The van der Waals surface area contributed by atoms with E-state index in [-0.39, 0.29) is 28.8 Å². The molecule has 0 spiro atoms. The maximum atomic E-state index is 13.1. The summed E-state index contributed by atoms with van der Waals surface area (Å²) in [5.74, 6) is -2.59. The minimum Gasteiger partial charge on any atom is -0.477 e. The number of hydrogen-bond donors (Lipinski definition) is 3. The van der Waals surface area contributed by atoms with Gasteiger partial charge < -0.3 is 21.0 Å². The SMILES string of the molecule is Nc1nc(/C(=N\OCCF)C(=O)N[C@@H]2C(=O)N3C(C(=O)O)=C(Sc4nc(-c5ccccn5)cs4)CC[C@H]23)cs1. The van der Waals surface area contributed by atoms with Gasteiger partial charge in [-0.25, -0.2) is 19.2 Å². The van der Waals surface area contributed by atoms with E-state index < -0.39 is 36.5 Å². The molecule has 202 valence electrons. The van der Waals surface area contributed by atoms with Crippen molar-refractivity contribution >= 4 is 63.1 Å². The lowest BCUT2D eigenvalue weighted by molar-refractivity contribution is -0.155. The van der Waals surface area contributed by atoms with Crippen molar-refractivity contribution in [2.24, 2.45) is 5.16 Å². The lowest BCUT2D eigenvalue weighted by Gasteiger charge is -2.50. The van der Waals surface area contributed by atoms with Crippen molar-refractivity contribution in [2.75, 3.05) is 19.0 Å². The quantitative estimate of drug-likeness (QED) is 0.138. The van der Waals surface area contributed by atoms with Crippen molar-refractivity contribution in [2.45, 2.75) is 29.3 Å². The van der Waals surface area contributed by atoms with Crippen molar-refractivity contribution in [1.29, 1.82) is 0 Å². The summed E-state index contributed by atoms with van der Waals surface area (Å²) in [5.41, 5.74) is 6.74. The number of halogens is 1. The summed E-state index contributed by atoms with van der Waals surface area (Å²) in [7, 11) is 0. The molecule has 16 heteroatoms. The molecule has 5 heterocycles. The second kappa shape index (κ2) is 11.5. The van der Waals surface area contributed by atoms with Gasteiger partial charge in [-0.3, -0.25) is 19.5 Å². The zero-order valence-electron chi connectivity index (χ0n) is 19.9. The molecule has 0 saturated carbocycles. The number of oxime groups is 1. The van der Waals surface area contributed by atoms with E-state index in [0.717, 1.165) is 11.3 Å². The molecule has 0 bridgehead atoms. The van der Waals surface area contributed by atoms with Crippen LogP contribution in [0.25, 0.3) is 11.4 Å². The molecule has 2 aliphatic heterocycles. The minimum atomic E-state index is -1.25. The molecule has 5 rings (SSSR count). The molecule has 0 unspecified atom stereocenters. The van der Waals surface area contributed by atoms with Crippen LogP contribution in [0.4, 0.5) is 9.52 Å². The predicted molar refractivity (Wildman–Crippen MR) is 143 cm³/mol. The number of β-lactam (4-membered cyclic amide) rings is 1. The van der Waals surface area contributed by atoms with Crippen LogP contribution < -0.4 is 11.1 Å². The highest BCUT2D eigenvalue weighted by Gasteiger charge is 2.54. The average molecular weight is 590 g/mol. The van der Waals surface area contributed by atoms with Gasteiger partial charge in [-0.2, -0.15) is 0 Å². The Hall–Kier alpha value is -3.89. The Labute approximate surface area is 232 Å². The Kier molecular flexibility index (Phi) is 7.85. The minimum absolute atomic E-state index is 0.111. The number of thioether (sulfide) groups is 1. The molecule has 3 aromatic heterocycles. The molecule has 39 heavy (non-hydrogen) atoms. The largest absolute Gasteiger partial charge is 0.477 e. The van der Waals surface area contributed by atoms with E-state index in [0.29, 0.717) is 33.5 Å². The van der Waals surface area contributed by atoms with E-state index in [1.807, 2.05) is 17.5 Å². The van der Waals surface area contributed by atoms with Gasteiger partial charge in [0.05, 0.1) is 11.7 Å². The Morgan fingerprint density at radius 1 is 1.28 bits per heavy atom. The third-order valence-electron chi connectivity index (χ3n) is 5.81. The van der Waals surface area contributed by atoms with E-state index in [1.54, 1.807) is 12.3 Å².